The lowest BCUT2D eigenvalue weighted by Gasteiger charge is -2.32. The Hall–Kier alpha value is -1.19. The van der Waals surface area contributed by atoms with Gasteiger partial charge in [0.05, 0.1) is 17.8 Å². The van der Waals surface area contributed by atoms with E-state index in [1.807, 2.05) is 12.5 Å². The van der Waals surface area contributed by atoms with Gasteiger partial charge in [0.15, 0.2) is 6.34 Å². The van der Waals surface area contributed by atoms with E-state index in [0.717, 1.165) is 30.4 Å². The van der Waals surface area contributed by atoms with Crippen LogP contribution in [-0.2, 0) is 6.54 Å². The Bertz CT molecular complexity index is 612. The van der Waals surface area contributed by atoms with E-state index in [0.29, 0.717) is 22.0 Å². The highest BCUT2D eigenvalue weighted by atomic mass is 35.5. The molecule has 0 saturated heterocycles. The number of hydrogen-bond donors (Lipinski definition) is 0. The highest BCUT2D eigenvalue weighted by Gasteiger charge is 2.31. The predicted octanol–water partition coefficient (Wildman–Crippen LogP) is 6.41. The summed E-state index contributed by atoms with van der Waals surface area (Å²) in [7, 11) is 0. The molecule has 0 N–H and O–H groups in total. The van der Waals surface area contributed by atoms with Crippen molar-refractivity contribution in [3.63, 3.8) is 0 Å². The van der Waals surface area contributed by atoms with E-state index < -0.39 is 0 Å². The summed E-state index contributed by atoms with van der Waals surface area (Å²) in [6.45, 7) is 10.9. The van der Waals surface area contributed by atoms with Crippen LogP contribution in [0.15, 0.2) is 35.6 Å². The van der Waals surface area contributed by atoms with Crippen molar-refractivity contribution in [1.82, 2.24) is 0 Å². The van der Waals surface area contributed by atoms with Crippen molar-refractivity contribution in [3.05, 3.63) is 47.0 Å². The maximum Gasteiger partial charge on any atom is 0.195 e. The van der Waals surface area contributed by atoms with E-state index in [9.17, 15) is 4.39 Å². The second-order valence-corrected chi connectivity index (χ2v) is 8.39. The maximum absolute atomic E-state index is 13.3. The smallest absolute Gasteiger partial charge is 0.195 e. The van der Waals surface area contributed by atoms with Crippen LogP contribution in [0.4, 0.5) is 4.39 Å². The molecule has 1 heterocycles. The lowest BCUT2D eigenvalue weighted by atomic mass is 9.87. The summed E-state index contributed by atoms with van der Waals surface area (Å²) in [5.74, 6) is 1.80. The Kier molecular flexibility index (Phi) is 7.21. The zero-order chi connectivity index (χ0) is 18.4. The van der Waals surface area contributed by atoms with Crippen molar-refractivity contribution in [2.75, 3.05) is 6.54 Å². The summed E-state index contributed by atoms with van der Waals surface area (Å²) < 4.78 is 14.0. The van der Waals surface area contributed by atoms with Gasteiger partial charge in [-0.15, -0.1) is 0 Å². The molecule has 3 atom stereocenters. The van der Waals surface area contributed by atoms with Crippen LogP contribution in [-0.4, -0.2) is 17.4 Å². The first kappa shape index (κ1) is 20.1. The van der Waals surface area contributed by atoms with Gasteiger partial charge in [0, 0.05) is 11.5 Å². The number of rotatable bonds is 9. The minimum atomic E-state index is -0.292. The van der Waals surface area contributed by atoms with Gasteiger partial charge in [0.1, 0.15) is 18.6 Å². The summed E-state index contributed by atoms with van der Waals surface area (Å²) in [4.78, 5) is 4.34. The second kappa shape index (κ2) is 8.95. The molecule has 0 aromatic heterocycles. The molecule has 0 saturated carbocycles. The first-order valence-electron chi connectivity index (χ1n) is 9.36. The summed E-state index contributed by atoms with van der Waals surface area (Å²) in [5, 5.41) is 0.493. The van der Waals surface area contributed by atoms with Crippen molar-refractivity contribution in [2.45, 2.75) is 53.5 Å². The van der Waals surface area contributed by atoms with Crippen molar-refractivity contribution in [2.24, 2.45) is 22.7 Å². The Morgan fingerprint density at radius 1 is 1.20 bits per heavy atom. The van der Waals surface area contributed by atoms with E-state index in [-0.39, 0.29) is 5.82 Å². The third kappa shape index (κ3) is 5.93. The van der Waals surface area contributed by atoms with Crippen LogP contribution in [0.1, 0.15) is 52.5 Å². The van der Waals surface area contributed by atoms with E-state index >= 15 is 0 Å². The molecule has 1 aliphatic rings. The van der Waals surface area contributed by atoms with Crippen LogP contribution < -0.4 is 0 Å². The molecule has 2 rings (SSSR count). The molecular weight excluding hydrogens is 335 g/mol. The van der Waals surface area contributed by atoms with Crippen molar-refractivity contribution < 1.29 is 8.87 Å². The summed E-state index contributed by atoms with van der Waals surface area (Å²) in [6.07, 6.45) is 9.64. The molecule has 1 aliphatic heterocycles. The van der Waals surface area contributed by atoms with Gasteiger partial charge in [-0.25, -0.2) is 13.9 Å². The second-order valence-electron chi connectivity index (χ2n) is 7.99. The van der Waals surface area contributed by atoms with Crippen LogP contribution in [0.5, 0.6) is 0 Å². The fourth-order valence-corrected chi connectivity index (χ4v) is 4.16. The molecule has 2 nitrogen and oxygen atoms in total. The molecular formula is C21H31ClFN2+. The van der Waals surface area contributed by atoms with E-state index in [2.05, 4.69) is 38.9 Å². The molecule has 0 radical (unpaired) electrons. The number of hydrogen-bond acceptors (Lipinski definition) is 1. The molecule has 1 aromatic carbocycles. The van der Waals surface area contributed by atoms with Gasteiger partial charge < -0.3 is 0 Å². The van der Waals surface area contributed by atoms with Gasteiger partial charge in [0.25, 0.3) is 0 Å². The molecule has 0 bridgehead atoms. The molecule has 25 heavy (non-hydrogen) atoms. The largest absolute Gasteiger partial charge is 0.249 e. The minimum Gasteiger partial charge on any atom is -0.249 e. The van der Waals surface area contributed by atoms with Crippen LogP contribution in [0.2, 0.25) is 5.02 Å². The number of aliphatic imine (C=N–C) groups is 1. The van der Waals surface area contributed by atoms with Crippen LogP contribution in [0, 0.1) is 23.6 Å². The summed E-state index contributed by atoms with van der Waals surface area (Å²) in [5.41, 5.74) is 0.964. The number of nitrogens with zero attached hydrogens (tertiary/aromatic N) is 2. The zero-order valence-electron chi connectivity index (χ0n) is 15.9. The van der Waals surface area contributed by atoms with E-state index in [4.69, 9.17) is 11.6 Å². The average molecular weight is 366 g/mol. The van der Waals surface area contributed by atoms with Crippen molar-refractivity contribution in [1.29, 1.82) is 0 Å². The number of benzene rings is 1. The number of halogens is 2. The average Bonchev–Trinajstić information content (AvgIpc) is 2.97. The lowest BCUT2D eigenvalue weighted by molar-refractivity contribution is -0.798. The predicted molar refractivity (Wildman–Crippen MR) is 105 cm³/mol. The Morgan fingerprint density at radius 2 is 1.96 bits per heavy atom. The minimum absolute atomic E-state index is 0.292. The van der Waals surface area contributed by atoms with Gasteiger partial charge in [-0.2, -0.15) is 0 Å². The molecule has 0 fully saturated rings. The van der Waals surface area contributed by atoms with Crippen LogP contribution >= 0.6 is 11.6 Å². The highest BCUT2D eigenvalue weighted by molar-refractivity contribution is 6.31. The lowest BCUT2D eigenvalue weighted by Crippen LogP contribution is -2.43. The van der Waals surface area contributed by atoms with Gasteiger partial charge in [-0.1, -0.05) is 39.3 Å². The number of quaternary nitrogens is 1. The zero-order valence-corrected chi connectivity index (χ0v) is 16.6. The third-order valence-corrected chi connectivity index (χ3v) is 5.36. The summed E-state index contributed by atoms with van der Waals surface area (Å²) in [6, 6.07) is 4.67. The van der Waals surface area contributed by atoms with Gasteiger partial charge in [-0.05, 0) is 49.3 Å². The quantitative estimate of drug-likeness (QED) is 0.448. The fourth-order valence-electron chi connectivity index (χ4n) is 3.94. The first-order valence-corrected chi connectivity index (χ1v) is 9.73. The molecule has 0 spiro atoms. The standard InChI is InChI=1S/C21H31ClFN2/c1-5-18(11-17(4)10-16(2)3)13-25(9-8-24-15-25)14-19-6-7-20(23)12-21(19)22/h6-9,12,15-18H,5,10-11,13-14H2,1-4H3/q+1. The van der Waals surface area contributed by atoms with Gasteiger partial charge >= 0.3 is 0 Å². The van der Waals surface area contributed by atoms with Crippen LogP contribution in [0.3, 0.4) is 0 Å². The Labute approximate surface area is 157 Å². The fraction of sp³-hybridized carbons (Fsp3) is 0.571. The van der Waals surface area contributed by atoms with Gasteiger partial charge in [-0.3, -0.25) is 0 Å². The molecule has 3 unspecified atom stereocenters. The first-order chi connectivity index (χ1) is 11.8. The molecule has 0 aliphatic carbocycles. The van der Waals surface area contributed by atoms with E-state index in [1.54, 1.807) is 6.07 Å². The van der Waals surface area contributed by atoms with Crippen molar-refractivity contribution in [3.8, 4) is 0 Å². The normalized spacial score (nSPS) is 21.9. The maximum atomic E-state index is 13.3. The topological polar surface area (TPSA) is 12.4 Å². The molecule has 138 valence electrons. The highest BCUT2D eigenvalue weighted by Crippen LogP contribution is 2.29. The SMILES string of the molecule is CCC(CC(C)CC(C)C)C[N+]1(Cc2ccc(F)cc2Cl)C=CN=C1. The van der Waals surface area contributed by atoms with Crippen molar-refractivity contribution >= 4 is 17.9 Å². The molecule has 4 heteroatoms. The van der Waals surface area contributed by atoms with E-state index in [1.165, 1.54) is 25.0 Å². The monoisotopic (exact) mass is 365 g/mol. The third-order valence-electron chi connectivity index (χ3n) is 5.01. The van der Waals surface area contributed by atoms with Gasteiger partial charge in [0.2, 0.25) is 0 Å². The molecule has 1 aromatic rings. The Morgan fingerprint density at radius 3 is 2.52 bits per heavy atom. The molecule has 0 amide bonds. The van der Waals surface area contributed by atoms with Crippen LogP contribution in [0.25, 0.3) is 0 Å². The Balaban J connectivity index is 2.10. The summed E-state index contributed by atoms with van der Waals surface area (Å²) >= 11 is 6.26.